The zero-order valence-corrected chi connectivity index (χ0v) is 24.3. The molecule has 30 heavy (non-hydrogen) atoms. The van der Waals surface area contributed by atoms with Crippen LogP contribution >= 0.6 is 11.8 Å². The van der Waals surface area contributed by atoms with Crippen molar-refractivity contribution in [1.82, 2.24) is 0 Å². The van der Waals surface area contributed by atoms with Crippen molar-refractivity contribution in [2.75, 3.05) is 6.61 Å². The molecule has 0 aromatic rings. The van der Waals surface area contributed by atoms with Gasteiger partial charge in [-0.3, -0.25) is 9.59 Å². The number of hydrogen-bond acceptors (Lipinski definition) is 4. The van der Waals surface area contributed by atoms with Gasteiger partial charge in [-0.15, -0.1) is 11.8 Å². The summed E-state index contributed by atoms with van der Waals surface area (Å²) in [5.41, 5.74) is 0. The van der Waals surface area contributed by atoms with E-state index in [1.807, 2.05) is 0 Å². The molecule has 6 heteroatoms. The van der Waals surface area contributed by atoms with Crippen LogP contribution in [-0.2, 0) is 14.3 Å². The number of thioether (sulfide) groups is 1. The van der Waals surface area contributed by atoms with Gasteiger partial charge in [0.2, 0.25) is 0 Å². The Morgan fingerprint density at radius 2 is 1.10 bits per heavy atom. The standard InChI is InChI=1S/C24H46O4S.Sr.2H/c1-4-5-6-7-8-9-10-11-12-13-14-15-16-17-18-19-20-28-24(27)22(3)29-21(2)23(25)26;;;/h21-22H,4-20H2,1-3H3,(H,25,26);;;/q;+2;2*-1. The number of carboxylic acids is 1. The van der Waals surface area contributed by atoms with E-state index in [1.54, 1.807) is 13.8 Å². The quantitative estimate of drug-likeness (QED) is 0.0983. The van der Waals surface area contributed by atoms with Crippen molar-refractivity contribution in [2.24, 2.45) is 0 Å². The maximum atomic E-state index is 11.8. The number of rotatable bonds is 21. The number of hydrogen-bond donors (Lipinski definition) is 1. The second-order valence-corrected chi connectivity index (χ2v) is 9.92. The minimum Gasteiger partial charge on any atom is -1.00 e. The van der Waals surface area contributed by atoms with Gasteiger partial charge in [-0.25, -0.2) is 0 Å². The van der Waals surface area contributed by atoms with Crippen LogP contribution in [0, 0.1) is 0 Å². The molecule has 0 aromatic carbocycles. The van der Waals surface area contributed by atoms with Gasteiger partial charge < -0.3 is 12.7 Å². The van der Waals surface area contributed by atoms with E-state index in [2.05, 4.69) is 6.92 Å². The Bertz CT molecular complexity index is 417. The summed E-state index contributed by atoms with van der Waals surface area (Å²) in [6, 6.07) is 0. The predicted octanol–water partition coefficient (Wildman–Crippen LogP) is 7.23. The Morgan fingerprint density at radius 1 is 0.733 bits per heavy atom. The fraction of sp³-hybridized carbons (Fsp3) is 0.917. The summed E-state index contributed by atoms with van der Waals surface area (Å²) in [6.07, 6.45) is 21.1. The predicted molar refractivity (Wildman–Crippen MR) is 133 cm³/mol. The Balaban J connectivity index is -0.00000131. The topological polar surface area (TPSA) is 63.6 Å². The molecule has 0 aliphatic carbocycles. The van der Waals surface area contributed by atoms with Crippen molar-refractivity contribution < 1.29 is 22.3 Å². The Kier molecular flexibility index (Phi) is 26.8. The van der Waals surface area contributed by atoms with Crippen LogP contribution in [0.4, 0.5) is 0 Å². The molecule has 0 heterocycles. The van der Waals surface area contributed by atoms with Crippen LogP contribution in [0.15, 0.2) is 0 Å². The Morgan fingerprint density at radius 3 is 1.47 bits per heavy atom. The molecule has 0 aliphatic heterocycles. The van der Waals surface area contributed by atoms with Crippen molar-refractivity contribution in [3.63, 3.8) is 0 Å². The molecule has 0 spiro atoms. The SMILES string of the molecule is CCCCCCCCCCCCCCCCCCOC(=O)C(C)SC(C)C(=O)O.[H-].[H-].[Sr+2]. The van der Waals surface area contributed by atoms with Gasteiger partial charge in [0.05, 0.1) is 6.61 Å². The summed E-state index contributed by atoms with van der Waals surface area (Å²) in [5.74, 6) is -1.20. The van der Waals surface area contributed by atoms with Gasteiger partial charge in [0.15, 0.2) is 0 Å². The summed E-state index contributed by atoms with van der Waals surface area (Å²) in [4.78, 5) is 22.6. The summed E-state index contributed by atoms with van der Waals surface area (Å²) in [5, 5.41) is 7.85. The fourth-order valence-electron chi connectivity index (χ4n) is 3.36. The second-order valence-electron chi connectivity index (χ2n) is 8.23. The van der Waals surface area contributed by atoms with Crippen molar-refractivity contribution in [3.05, 3.63) is 0 Å². The zero-order chi connectivity index (χ0) is 21.7. The van der Waals surface area contributed by atoms with Crippen LogP contribution in [0.1, 0.15) is 126 Å². The van der Waals surface area contributed by atoms with E-state index in [9.17, 15) is 9.59 Å². The average molecular weight is 520 g/mol. The molecule has 0 amide bonds. The van der Waals surface area contributed by atoms with Gasteiger partial charge in [-0.2, -0.15) is 0 Å². The monoisotopic (exact) mass is 520 g/mol. The first-order valence-corrected chi connectivity index (χ1v) is 13.0. The molecule has 176 valence electrons. The number of ether oxygens (including phenoxy) is 1. The third kappa shape index (κ3) is 22.0. The first-order chi connectivity index (χ1) is 14.0. The molecule has 0 saturated heterocycles. The minimum atomic E-state index is -0.896. The first-order valence-electron chi connectivity index (χ1n) is 12.0. The summed E-state index contributed by atoms with van der Waals surface area (Å²) in [7, 11) is 0. The van der Waals surface area contributed by atoms with E-state index in [-0.39, 0.29) is 54.3 Å². The van der Waals surface area contributed by atoms with Crippen LogP contribution in [0.3, 0.4) is 0 Å². The molecular weight excluding hydrogens is 472 g/mol. The Hall–Kier alpha value is 0.771. The number of carbonyl (C=O) groups excluding carboxylic acids is 1. The molecule has 0 rings (SSSR count). The Labute approximate surface area is 230 Å². The maximum Gasteiger partial charge on any atom is 2.00 e. The van der Waals surface area contributed by atoms with Gasteiger partial charge in [0.25, 0.3) is 0 Å². The molecule has 0 fully saturated rings. The normalized spacial score (nSPS) is 12.8. The van der Waals surface area contributed by atoms with Crippen molar-refractivity contribution in [3.8, 4) is 0 Å². The first kappa shape index (κ1) is 32.9. The largest absolute Gasteiger partial charge is 2.00 e. The van der Waals surface area contributed by atoms with E-state index in [4.69, 9.17) is 9.84 Å². The van der Waals surface area contributed by atoms with Gasteiger partial charge in [-0.1, -0.05) is 103 Å². The van der Waals surface area contributed by atoms with Crippen molar-refractivity contribution in [2.45, 2.75) is 134 Å². The van der Waals surface area contributed by atoms with Crippen LogP contribution in [-0.4, -0.2) is 79.6 Å². The molecule has 0 saturated carbocycles. The molecule has 2 unspecified atom stereocenters. The molecule has 0 aliphatic rings. The molecule has 2 atom stereocenters. The number of unbranched alkanes of at least 4 members (excludes halogenated alkanes) is 15. The summed E-state index contributed by atoms with van der Waals surface area (Å²) < 4.78 is 5.25. The number of aliphatic carboxylic acids is 1. The van der Waals surface area contributed by atoms with E-state index < -0.39 is 16.5 Å². The van der Waals surface area contributed by atoms with Gasteiger partial charge >= 0.3 is 57.4 Å². The minimum absolute atomic E-state index is 0. The number of esters is 1. The van der Waals surface area contributed by atoms with E-state index in [1.165, 1.54) is 89.9 Å². The van der Waals surface area contributed by atoms with Gasteiger partial charge in [-0.05, 0) is 20.3 Å². The zero-order valence-electron chi connectivity index (χ0n) is 22.0. The molecule has 0 aromatic heterocycles. The second kappa shape index (κ2) is 24.4. The molecule has 4 nitrogen and oxygen atoms in total. The van der Waals surface area contributed by atoms with Gasteiger partial charge in [0.1, 0.15) is 10.5 Å². The maximum absolute atomic E-state index is 11.8. The average Bonchev–Trinajstić information content (AvgIpc) is 2.69. The number of carbonyl (C=O) groups is 2. The summed E-state index contributed by atoms with van der Waals surface area (Å²) >= 11 is 1.13. The fourth-order valence-corrected chi connectivity index (χ4v) is 4.27. The molecule has 0 radical (unpaired) electrons. The van der Waals surface area contributed by atoms with Crippen LogP contribution < -0.4 is 0 Å². The summed E-state index contributed by atoms with van der Waals surface area (Å²) in [6.45, 7) is 6.02. The van der Waals surface area contributed by atoms with Crippen molar-refractivity contribution in [1.29, 1.82) is 0 Å². The van der Waals surface area contributed by atoms with Crippen LogP contribution in [0.25, 0.3) is 0 Å². The molecule has 1 N–H and O–H groups in total. The van der Waals surface area contributed by atoms with E-state index in [0.29, 0.717) is 6.61 Å². The molecule has 0 bridgehead atoms. The van der Waals surface area contributed by atoms with Crippen LogP contribution in [0.2, 0.25) is 0 Å². The van der Waals surface area contributed by atoms with Crippen LogP contribution in [0.5, 0.6) is 0 Å². The smallest absolute Gasteiger partial charge is 1.00 e. The van der Waals surface area contributed by atoms with Gasteiger partial charge in [0, 0.05) is 0 Å². The van der Waals surface area contributed by atoms with E-state index in [0.717, 1.165) is 24.6 Å². The molecular formula is C24H48O4SSr. The van der Waals surface area contributed by atoms with E-state index >= 15 is 0 Å². The number of carboxylic acid groups (broad SMARTS) is 1. The van der Waals surface area contributed by atoms with Crippen molar-refractivity contribution >= 4 is 69.2 Å². The third-order valence-electron chi connectivity index (χ3n) is 5.33. The third-order valence-corrected chi connectivity index (χ3v) is 6.54.